The first-order chi connectivity index (χ1) is 15.9. The van der Waals surface area contributed by atoms with Crippen molar-refractivity contribution in [1.29, 1.82) is 0 Å². The molecule has 2 atom stereocenters. The molecule has 1 heterocycles. The van der Waals surface area contributed by atoms with Gasteiger partial charge in [-0.3, -0.25) is 4.79 Å². The van der Waals surface area contributed by atoms with Gasteiger partial charge in [0.15, 0.2) is 5.78 Å². The minimum Gasteiger partial charge on any atom is -0.507 e. The molecule has 0 aromatic heterocycles. The summed E-state index contributed by atoms with van der Waals surface area (Å²) in [7, 11) is 0. The number of hydrogen-bond donors (Lipinski definition) is 1. The van der Waals surface area contributed by atoms with Gasteiger partial charge in [0.1, 0.15) is 11.6 Å². The molecule has 5 heteroatoms. The summed E-state index contributed by atoms with van der Waals surface area (Å²) in [6.45, 7) is 15.6. The van der Waals surface area contributed by atoms with Crippen LogP contribution in [0.1, 0.15) is 94.3 Å². The smallest absolute Gasteiger partial charge is 0.182 e. The summed E-state index contributed by atoms with van der Waals surface area (Å²) >= 11 is 3.36. The van der Waals surface area contributed by atoms with Crippen LogP contribution in [0, 0.1) is 5.92 Å². The molecule has 0 bridgehead atoms. The number of phenolic OH excluding ortho intramolecular Hbond substituents is 1. The van der Waals surface area contributed by atoms with Crippen molar-refractivity contribution < 1.29 is 9.90 Å². The molecule has 1 fully saturated rings. The molecule has 0 aliphatic carbocycles. The summed E-state index contributed by atoms with van der Waals surface area (Å²) < 4.78 is 4.48. The van der Waals surface area contributed by atoms with E-state index < -0.39 is 0 Å². The highest BCUT2D eigenvalue weighted by Crippen LogP contribution is 2.41. The predicted octanol–water partition coefficient (Wildman–Crippen LogP) is 7.39. The molecule has 2 aromatic carbocycles. The van der Waals surface area contributed by atoms with E-state index >= 15 is 0 Å². The summed E-state index contributed by atoms with van der Waals surface area (Å²) in [5.41, 5.74) is 3.01. The van der Waals surface area contributed by atoms with E-state index in [2.05, 4.69) is 97.8 Å². The SMILES string of the molecule is CCC[C@H]1C(=NBr)N(CC(=O)c2cc(C(C)(C)C)c(O)c(C(C)(C)C)c2)C[C@@H]1c1ccccc1. The van der Waals surface area contributed by atoms with E-state index in [1.54, 1.807) is 0 Å². The molecule has 3 rings (SSSR count). The third kappa shape index (κ3) is 5.56. The number of carbonyl (C=O) groups is 1. The largest absolute Gasteiger partial charge is 0.507 e. The minimum absolute atomic E-state index is 0.0496. The number of nitrogens with zero attached hydrogens (tertiary/aromatic N) is 2. The van der Waals surface area contributed by atoms with Crippen molar-refractivity contribution in [2.24, 2.45) is 9.94 Å². The molecule has 0 amide bonds. The number of halogens is 1. The van der Waals surface area contributed by atoms with Gasteiger partial charge < -0.3 is 10.0 Å². The van der Waals surface area contributed by atoms with Gasteiger partial charge >= 0.3 is 0 Å². The van der Waals surface area contributed by atoms with Gasteiger partial charge in [-0.15, -0.1) is 0 Å². The van der Waals surface area contributed by atoms with Gasteiger partial charge in [0.25, 0.3) is 0 Å². The molecule has 2 aromatic rings. The molecule has 1 aliphatic heterocycles. The number of Topliss-reactive ketones (excluding diaryl/α,β-unsaturated/α-hetero) is 1. The second kappa shape index (κ2) is 10.2. The van der Waals surface area contributed by atoms with Crippen LogP contribution in [0.25, 0.3) is 0 Å². The third-order valence-electron chi connectivity index (χ3n) is 6.85. The quantitative estimate of drug-likeness (QED) is 0.399. The molecule has 0 radical (unpaired) electrons. The Kier molecular flexibility index (Phi) is 7.96. The molecule has 184 valence electrons. The lowest BCUT2D eigenvalue weighted by Gasteiger charge is -2.28. The van der Waals surface area contributed by atoms with Crippen LogP contribution in [0.3, 0.4) is 0 Å². The zero-order valence-electron chi connectivity index (χ0n) is 21.7. The van der Waals surface area contributed by atoms with Crippen molar-refractivity contribution in [2.45, 2.75) is 78.1 Å². The van der Waals surface area contributed by atoms with Crippen LogP contribution in [0.2, 0.25) is 0 Å². The zero-order valence-corrected chi connectivity index (χ0v) is 23.2. The lowest BCUT2D eigenvalue weighted by molar-refractivity contribution is 0.0965. The fourth-order valence-corrected chi connectivity index (χ4v) is 5.50. The fourth-order valence-electron chi connectivity index (χ4n) is 5.02. The number of hydrogen-bond acceptors (Lipinski definition) is 3. The highest BCUT2D eigenvalue weighted by molar-refractivity contribution is 9.08. The predicted molar refractivity (Wildman–Crippen MR) is 145 cm³/mol. The van der Waals surface area contributed by atoms with Crippen LogP contribution in [-0.2, 0) is 10.8 Å². The first kappa shape index (κ1) is 26.5. The van der Waals surface area contributed by atoms with Gasteiger partial charge in [0, 0.05) is 35.1 Å². The van der Waals surface area contributed by atoms with Crippen LogP contribution in [0.4, 0.5) is 0 Å². The summed E-state index contributed by atoms with van der Waals surface area (Å²) in [6, 6.07) is 14.3. The van der Waals surface area contributed by atoms with Gasteiger partial charge in [-0.1, -0.05) is 85.2 Å². The number of phenols is 1. The van der Waals surface area contributed by atoms with Crippen molar-refractivity contribution in [3.05, 3.63) is 64.7 Å². The van der Waals surface area contributed by atoms with Crippen molar-refractivity contribution in [1.82, 2.24) is 4.90 Å². The van der Waals surface area contributed by atoms with Gasteiger partial charge in [0.2, 0.25) is 0 Å². The monoisotopic (exact) mass is 526 g/mol. The number of amidine groups is 1. The van der Waals surface area contributed by atoms with Crippen LogP contribution < -0.4 is 0 Å². The van der Waals surface area contributed by atoms with Crippen molar-refractivity contribution >= 4 is 27.8 Å². The van der Waals surface area contributed by atoms with Gasteiger partial charge in [-0.2, -0.15) is 4.02 Å². The zero-order chi connectivity index (χ0) is 25.3. The standard InChI is InChI=1S/C29H39BrN2O2/c1-8-12-21-22(19-13-10-9-11-14-19)17-32(27(21)31-30)18-25(33)20-15-23(28(2,3)4)26(34)24(16-20)29(5,6)7/h9-11,13-16,21-22,34H,8,12,17-18H2,1-7H3/t21-,22-/m1/s1. The molecule has 34 heavy (non-hydrogen) atoms. The molecule has 0 saturated carbocycles. The molecular weight excluding hydrogens is 488 g/mol. The average Bonchev–Trinajstić information content (AvgIpc) is 3.09. The van der Waals surface area contributed by atoms with Crippen LogP contribution >= 0.6 is 16.1 Å². The van der Waals surface area contributed by atoms with E-state index in [-0.39, 0.29) is 29.1 Å². The molecule has 1 N–H and O–H groups in total. The Morgan fingerprint density at radius 3 is 2.09 bits per heavy atom. The summed E-state index contributed by atoms with van der Waals surface area (Å²) in [5.74, 6) is 1.88. The molecule has 4 nitrogen and oxygen atoms in total. The van der Waals surface area contributed by atoms with Gasteiger partial charge in [-0.05, 0) is 34.9 Å². The Morgan fingerprint density at radius 2 is 1.62 bits per heavy atom. The van der Waals surface area contributed by atoms with E-state index in [4.69, 9.17) is 0 Å². The maximum absolute atomic E-state index is 13.6. The number of ketones is 1. The lowest BCUT2D eigenvalue weighted by atomic mass is 9.78. The Balaban J connectivity index is 1.97. The average molecular weight is 528 g/mol. The molecular formula is C29H39BrN2O2. The first-order valence-corrected chi connectivity index (χ1v) is 13.0. The van der Waals surface area contributed by atoms with Crippen LogP contribution in [-0.4, -0.2) is 34.7 Å². The third-order valence-corrected chi connectivity index (χ3v) is 7.22. The number of rotatable bonds is 6. The molecule has 1 saturated heterocycles. The Labute approximate surface area is 213 Å². The molecule has 0 spiro atoms. The van der Waals surface area contributed by atoms with Gasteiger partial charge in [-0.25, -0.2) is 0 Å². The highest BCUT2D eigenvalue weighted by atomic mass is 79.9. The van der Waals surface area contributed by atoms with Gasteiger partial charge in [0.05, 0.1) is 22.7 Å². The maximum atomic E-state index is 13.6. The van der Waals surface area contributed by atoms with E-state index in [1.807, 2.05) is 18.2 Å². The summed E-state index contributed by atoms with van der Waals surface area (Å²) in [4.78, 5) is 15.8. The normalized spacial score (nSPS) is 20.2. The number of carbonyl (C=O) groups excluding carboxylic acids is 1. The number of aromatic hydroxyl groups is 1. The highest BCUT2D eigenvalue weighted by Gasteiger charge is 2.39. The molecule has 0 unspecified atom stereocenters. The minimum atomic E-state index is -0.277. The lowest BCUT2D eigenvalue weighted by Crippen LogP contribution is -2.33. The topological polar surface area (TPSA) is 52.9 Å². The first-order valence-electron chi connectivity index (χ1n) is 12.3. The van der Waals surface area contributed by atoms with E-state index in [0.717, 1.165) is 36.3 Å². The Bertz CT molecular complexity index is 1010. The van der Waals surface area contributed by atoms with E-state index in [1.165, 1.54) is 5.56 Å². The summed E-state index contributed by atoms with van der Waals surface area (Å²) in [5, 5.41) is 11.0. The second-order valence-electron chi connectivity index (χ2n) is 11.6. The van der Waals surface area contributed by atoms with Crippen molar-refractivity contribution in [3.63, 3.8) is 0 Å². The summed E-state index contributed by atoms with van der Waals surface area (Å²) in [6.07, 6.45) is 2.08. The fraction of sp³-hybridized carbons (Fsp3) is 0.517. The number of benzene rings is 2. The maximum Gasteiger partial charge on any atom is 0.182 e. The van der Waals surface area contributed by atoms with Crippen LogP contribution in [0.15, 0.2) is 46.5 Å². The van der Waals surface area contributed by atoms with Crippen molar-refractivity contribution in [2.75, 3.05) is 13.1 Å². The van der Waals surface area contributed by atoms with Crippen molar-refractivity contribution in [3.8, 4) is 5.75 Å². The molecule has 1 aliphatic rings. The number of likely N-dealkylation sites (tertiary alicyclic amines) is 1. The van der Waals surface area contributed by atoms with E-state index in [9.17, 15) is 9.90 Å². The van der Waals surface area contributed by atoms with Crippen LogP contribution in [0.5, 0.6) is 5.75 Å². The van der Waals surface area contributed by atoms with E-state index in [0.29, 0.717) is 17.2 Å². The Morgan fingerprint density at radius 1 is 1.06 bits per heavy atom. The second-order valence-corrected chi connectivity index (χ2v) is 11.9. The Hall–Kier alpha value is -2.14.